The molecular formula is C15H20F2NO6S2-. The first-order chi connectivity index (χ1) is 12.1. The molecule has 0 aliphatic heterocycles. The van der Waals surface area contributed by atoms with E-state index < -0.39 is 50.0 Å². The first-order valence-electron chi connectivity index (χ1n) is 7.89. The number of hydrogen-bond donors (Lipinski definition) is 1. The van der Waals surface area contributed by atoms with Crippen molar-refractivity contribution in [3.05, 3.63) is 29.3 Å². The molecule has 0 heterocycles. The molecule has 1 aromatic rings. The van der Waals surface area contributed by atoms with E-state index in [2.05, 4.69) is 0 Å². The SMILES string of the molecule is CCCCS(=O)(=O)CCCCN(c1ccc(F)c(C(=O)O)c1F)S(=O)[O-]. The highest BCUT2D eigenvalue weighted by Gasteiger charge is 2.23. The van der Waals surface area contributed by atoms with Gasteiger partial charge < -0.3 is 9.66 Å². The van der Waals surface area contributed by atoms with Gasteiger partial charge in [0.25, 0.3) is 0 Å². The van der Waals surface area contributed by atoms with Gasteiger partial charge in [0.05, 0.1) is 17.2 Å². The van der Waals surface area contributed by atoms with Gasteiger partial charge in [-0.1, -0.05) is 13.3 Å². The second-order valence-corrected chi connectivity index (χ2v) is 8.77. The third-order valence-corrected chi connectivity index (χ3v) is 6.17. The molecule has 1 rings (SSSR count). The number of rotatable bonds is 11. The summed E-state index contributed by atoms with van der Waals surface area (Å²) in [6.07, 6.45) is 1.54. The Balaban J connectivity index is 2.84. The van der Waals surface area contributed by atoms with Crippen LogP contribution in [0.2, 0.25) is 0 Å². The van der Waals surface area contributed by atoms with Crippen LogP contribution in [0.15, 0.2) is 12.1 Å². The highest BCUT2D eigenvalue weighted by molar-refractivity contribution is 7.91. The van der Waals surface area contributed by atoms with E-state index in [9.17, 15) is 30.8 Å². The molecule has 1 N–H and O–H groups in total. The third kappa shape index (κ3) is 6.29. The topological polar surface area (TPSA) is 115 Å². The van der Waals surface area contributed by atoms with Gasteiger partial charge in [0, 0.05) is 17.8 Å². The summed E-state index contributed by atoms with van der Waals surface area (Å²) in [6.45, 7) is 1.60. The predicted octanol–water partition coefficient (Wildman–Crippen LogP) is 2.26. The summed E-state index contributed by atoms with van der Waals surface area (Å²) in [5.74, 6) is -4.76. The minimum absolute atomic E-state index is 0.0509. The van der Waals surface area contributed by atoms with Crippen LogP contribution >= 0.6 is 0 Å². The Labute approximate surface area is 153 Å². The van der Waals surface area contributed by atoms with Crippen molar-refractivity contribution in [2.24, 2.45) is 0 Å². The summed E-state index contributed by atoms with van der Waals surface area (Å²) in [5, 5.41) is 8.85. The lowest BCUT2D eigenvalue weighted by Gasteiger charge is -2.27. The summed E-state index contributed by atoms with van der Waals surface area (Å²) in [6, 6.07) is 1.49. The molecule has 0 bridgehead atoms. The van der Waals surface area contributed by atoms with Gasteiger partial charge in [0.1, 0.15) is 21.2 Å². The maximum Gasteiger partial charge on any atom is 0.341 e. The molecule has 0 saturated heterocycles. The first kappa shape index (κ1) is 22.5. The van der Waals surface area contributed by atoms with Crippen LogP contribution in [0.4, 0.5) is 14.5 Å². The predicted molar refractivity (Wildman–Crippen MR) is 92.4 cm³/mol. The Morgan fingerprint density at radius 1 is 1.23 bits per heavy atom. The van der Waals surface area contributed by atoms with Gasteiger partial charge >= 0.3 is 5.97 Å². The number of aromatic carboxylic acids is 1. The second-order valence-electron chi connectivity index (χ2n) is 5.59. The molecular weight excluding hydrogens is 392 g/mol. The summed E-state index contributed by atoms with van der Waals surface area (Å²) in [5.41, 5.74) is -1.86. The molecule has 0 aromatic heterocycles. The molecule has 0 aliphatic carbocycles. The van der Waals surface area contributed by atoms with Gasteiger partial charge in [0.2, 0.25) is 0 Å². The van der Waals surface area contributed by atoms with Crippen molar-refractivity contribution in [3.63, 3.8) is 0 Å². The lowest BCUT2D eigenvalue weighted by molar-refractivity contribution is 0.0686. The number of carboxylic acid groups (broad SMARTS) is 1. The van der Waals surface area contributed by atoms with Crippen molar-refractivity contribution in [1.29, 1.82) is 0 Å². The van der Waals surface area contributed by atoms with E-state index in [1.54, 1.807) is 0 Å². The van der Waals surface area contributed by atoms with Gasteiger partial charge in [-0.3, -0.25) is 8.51 Å². The van der Waals surface area contributed by atoms with Crippen molar-refractivity contribution >= 4 is 32.8 Å². The quantitative estimate of drug-likeness (QED) is 0.440. The van der Waals surface area contributed by atoms with E-state index in [0.29, 0.717) is 16.8 Å². The average Bonchev–Trinajstić information content (AvgIpc) is 2.53. The highest BCUT2D eigenvalue weighted by atomic mass is 32.2. The fourth-order valence-electron chi connectivity index (χ4n) is 2.25. The molecule has 26 heavy (non-hydrogen) atoms. The highest BCUT2D eigenvalue weighted by Crippen LogP contribution is 2.26. The van der Waals surface area contributed by atoms with Gasteiger partial charge in [-0.25, -0.2) is 22.0 Å². The number of unbranched alkanes of at least 4 members (excludes halogenated alkanes) is 2. The summed E-state index contributed by atoms with van der Waals surface area (Å²) < 4.78 is 74.4. The molecule has 7 nitrogen and oxygen atoms in total. The van der Waals surface area contributed by atoms with Gasteiger partial charge in [0.15, 0.2) is 5.82 Å². The van der Waals surface area contributed by atoms with Crippen LogP contribution in [0.3, 0.4) is 0 Å². The van der Waals surface area contributed by atoms with Crippen LogP contribution in [0.25, 0.3) is 0 Å². The maximum absolute atomic E-state index is 14.2. The number of benzene rings is 1. The van der Waals surface area contributed by atoms with Crippen LogP contribution in [0.1, 0.15) is 43.0 Å². The summed E-state index contributed by atoms with van der Waals surface area (Å²) in [7, 11) is -3.23. The van der Waals surface area contributed by atoms with Crippen molar-refractivity contribution in [1.82, 2.24) is 0 Å². The molecule has 148 valence electrons. The molecule has 0 radical (unpaired) electrons. The van der Waals surface area contributed by atoms with Crippen LogP contribution in [0, 0.1) is 11.6 Å². The zero-order valence-corrected chi connectivity index (χ0v) is 15.7. The van der Waals surface area contributed by atoms with E-state index in [4.69, 9.17) is 5.11 Å². The molecule has 11 heteroatoms. The Bertz CT molecular complexity index is 770. The number of carbonyl (C=O) groups is 1. The second kappa shape index (κ2) is 9.93. The minimum atomic E-state index is -3.23. The number of carboxylic acids is 1. The Morgan fingerprint density at radius 2 is 1.85 bits per heavy atom. The van der Waals surface area contributed by atoms with Crippen LogP contribution < -0.4 is 4.31 Å². The maximum atomic E-state index is 14.2. The smallest absolute Gasteiger partial charge is 0.341 e. The Hall–Kier alpha value is -1.59. The van der Waals surface area contributed by atoms with Gasteiger partial charge in [-0.15, -0.1) is 0 Å². The molecule has 0 spiro atoms. The number of anilines is 1. The number of halogens is 2. The zero-order chi connectivity index (χ0) is 19.9. The van der Waals surface area contributed by atoms with Crippen molar-refractivity contribution in [3.8, 4) is 0 Å². The zero-order valence-electron chi connectivity index (χ0n) is 14.1. The molecule has 1 unspecified atom stereocenters. The lowest BCUT2D eigenvalue weighted by atomic mass is 10.1. The van der Waals surface area contributed by atoms with E-state index >= 15 is 0 Å². The molecule has 0 aliphatic rings. The van der Waals surface area contributed by atoms with Gasteiger partial charge in [-0.2, -0.15) is 0 Å². The van der Waals surface area contributed by atoms with E-state index in [1.807, 2.05) is 6.92 Å². The summed E-state index contributed by atoms with van der Waals surface area (Å²) >= 11 is -2.94. The Morgan fingerprint density at radius 3 is 2.38 bits per heavy atom. The third-order valence-electron chi connectivity index (χ3n) is 3.61. The van der Waals surface area contributed by atoms with Crippen LogP contribution in [-0.2, 0) is 21.1 Å². The molecule has 0 amide bonds. The van der Waals surface area contributed by atoms with Gasteiger partial charge in [-0.05, 0) is 31.4 Å². The standard InChI is InChI=1S/C15H21F2NO6S2/c1-2-3-9-26(23,24)10-5-4-8-18(25(21)22)12-7-6-11(16)13(14(12)17)15(19)20/h6-7H,2-5,8-10H2,1H3,(H,19,20)(H,21,22)/p-1. The molecule has 1 atom stereocenters. The lowest BCUT2D eigenvalue weighted by Crippen LogP contribution is -2.28. The fraction of sp³-hybridized carbons (Fsp3) is 0.533. The van der Waals surface area contributed by atoms with E-state index in [0.717, 1.165) is 12.5 Å². The Kier molecular flexibility index (Phi) is 8.57. The van der Waals surface area contributed by atoms with Crippen molar-refractivity contribution in [2.45, 2.75) is 32.6 Å². The first-order valence-corrected chi connectivity index (χ1v) is 10.7. The number of sulfone groups is 1. The van der Waals surface area contributed by atoms with Crippen LogP contribution in [0.5, 0.6) is 0 Å². The fourth-order valence-corrected chi connectivity index (χ4v) is 4.41. The van der Waals surface area contributed by atoms with Crippen molar-refractivity contribution < 1.29 is 35.9 Å². The summed E-state index contributed by atoms with van der Waals surface area (Å²) in [4.78, 5) is 10.9. The largest absolute Gasteiger partial charge is 0.755 e. The number of hydrogen-bond acceptors (Lipinski definition) is 5. The molecule has 1 aromatic carbocycles. The van der Waals surface area contributed by atoms with E-state index in [-0.39, 0.29) is 30.9 Å². The average molecular weight is 412 g/mol. The monoisotopic (exact) mass is 412 g/mol. The molecule has 0 fully saturated rings. The minimum Gasteiger partial charge on any atom is -0.755 e. The van der Waals surface area contributed by atoms with E-state index in [1.165, 1.54) is 0 Å². The van der Waals surface area contributed by atoms with Crippen molar-refractivity contribution in [2.75, 3.05) is 22.4 Å². The number of nitrogens with zero attached hydrogens (tertiary/aromatic N) is 1. The van der Waals surface area contributed by atoms with Crippen LogP contribution in [-0.4, -0.2) is 46.3 Å². The molecule has 0 saturated carbocycles. The normalized spacial score (nSPS) is 12.8.